The molecule has 0 bridgehead atoms. The minimum absolute atomic E-state index is 0.00441. The highest BCUT2D eigenvalue weighted by atomic mass is 16.2. The van der Waals surface area contributed by atoms with E-state index in [2.05, 4.69) is 10.6 Å². The second kappa shape index (κ2) is 9.15. The number of nitrogens with two attached hydrogens (primary N) is 1. The Balaban J connectivity index is 3.43. The van der Waals surface area contributed by atoms with Gasteiger partial charge in [-0.1, -0.05) is 0 Å². The molecule has 0 aliphatic carbocycles. The first kappa shape index (κ1) is 14.9. The fourth-order valence-electron chi connectivity index (χ4n) is 1.22. The van der Waals surface area contributed by atoms with Crippen LogP contribution in [-0.2, 0) is 9.59 Å². The fraction of sp³-hybridized carbons (Fsp3) is 0.818. The molecule has 0 unspecified atom stereocenters. The average molecular weight is 229 g/mol. The summed E-state index contributed by atoms with van der Waals surface area (Å²) in [7, 11) is 0. The Kier molecular flexibility index (Phi) is 8.52. The van der Waals surface area contributed by atoms with E-state index >= 15 is 0 Å². The van der Waals surface area contributed by atoms with E-state index in [-0.39, 0.29) is 17.9 Å². The molecule has 16 heavy (non-hydrogen) atoms. The summed E-state index contributed by atoms with van der Waals surface area (Å²) in [6.07, 6.45) is 2.19. The first-order chi connectivity index (χ1) is 7.56. The third kappa shape index (κ3) is 9.45. The average Bonchev–Trinajstić information content (AvgIpc) is 2.17. The lowest BCUT2D eigenvalue weighted by molar-refractivity contribution is -0.122. The van der Waals surface area contributed by atoms with Crippen LogP contribution >= 0.6 is 0 Å². The largest absolute Gasteiger partial charge is 0.356 e. The molecule has 0 spiro atoms. The normalized spacial score (nSPS) is 10.2. The van der Waals surface area contributed by atoms with Crippen molar-refractivity contribution in [1.29, 1.82) is 0 Å². The fourth-order valence-corrected chi connectivity index (χ4v) is 1.22. The summed E-state index contributed by atoms with van der Waals surface area (Å²) >= 11 is 0. The Morgan fingerprint density at radius 1 is 1.12 bits per heavy atom. The SMILES string of the molecule is CC(C)NC(=O)CCCC(=O)NCCCN. The van der Waals surface area contributed by atoms with E-state index in [4.69, 9.17) is 5.73 Å². The summed E-state index contributed by atoms with van der Waals surface area (Å²) in [5.41, 5.74) is 5.30. The standard InChI is InChI=1S/C11H23N3O2/c1-9(2)14-11(16)6-3-5-10(15)13-8-4-7-12/h9H,3-8,12H2,1-2H3,(H,13,15)(H,14,16). The van der Waals surface area contributed by atoms with Crippen molar-refractivity contribution in [1.82, 2.24) is 10.6 Å². The zero-order valence-corrected chi connectivity index (χ0v) is 10.2. The maximum Gasteiger partial charge on any atom is 0.220 e. The molecule has 0 aromatic heterocycles. The highest BCUT2D eigenvalue weighted by molar-refractivity contribution is 5.78. The molecule has 4 N–H and O–H groups in total. The van der Waals surface area contributed by atoms with Crippen molar-refractivity contribution in [3.8, 4) is 0 Å². The minimum atomic E-state index is -0.00852. The lowest BCUT2D eigenvalue weighted by Gasteiger charge is -2.08. The summed E-state index contributed by atoms with van der Waals surface area (Å²) in [5, 5.41) is 5.53. The lowest BCUT2D eigenvalue weighted by Crippen LogP contribution is -2.30. The van der Waals surface area contributed by atoms with Crippen molar-refractivity contribution >= 4 is 11.8 Å². The highest BCUT2D eigenvalue weighted by Crippen LogP contribution is 1.96. The van der Waals surface area contributed by atoms with E-state index in [0.29, 0.717) is 32.4 Å². The van der Waals surface area contributed by atoms with E-state index in [0.717, 1.165) is 6.42 Å². The van der Waals surface area contributed by atoms with Gasteiger partial charge in [0.2, 0.25) is 11.8 Å². The molecule has 5 heteroatoms. The van der Waals surface area contributed by atoms with Gasteiger partial charge in [0, 0.05) is 25.4 Å². The van der Waals surface area contributed by atoms with Gasteiger partial charge in [0.15, 0.2) is 0 Å². The van der Waals surface area contributed by atoms with Gasteiger partial charge in [-0.2, -0.15) is 0 Å². The van der Waals surface area contributed by atoms with Gasteiger partial charge in [0.05, 0.1) is 0 Å². The molecule has 5 nitrogen and oxygen atoms in total. The molecular weight excluding hydrogens is 206 g/mol. The summed E-state index contributed by atoms with van der Waals surface area (Å²) in [6, 6.07) is 0.158. The van der Waals surface area contributed by atoms with Gasteiger partial charge in [0.25, 0.3) is 0 Å². The first-order valence-corrected chi connectivity index (χ1v) is 5.82. The van der Waals surface area contributed by atoms with Crippen LogP contribution < -0.4 is 16.4 Å². The van der Waals surface area contributed by atoms with E-state index in [1.54, 1.807) is 0 Å². The number of amides is 2. The number of carbonyl (C=O) groups excluding carboxylic acids is 2. The quantitative estimate of drug-likeness (QED) is 0.518. The van der Waals surface area contributed by atoms with Crippen molar-refractivity contribution < 1.29 is 9.59 Å². The smallest absolute Gasteiger partial charge is 0.220 e. The monoisotopic (exact) mass is 229 g/mol. The molecule has 0 atom stereocenters. The molecule has 0 heterocycles. The predicted octanol–water partition coefficient (Wildman–Crippen LogP) is 0.146. The molecule has 0 fully saturated rings. The second-order valence-corrected chi connectivity index (χ2v) is 4.07. The molecule has 94 valence electrons. The third-order valence-electron chi connectivity index (χ3n) is 1.96. The van der Waals surface area contributed by atoms with Crippen LogP contribution in [0.15, 0.2) is 0 Å². The maximum absolute atomic E-state index is 11.2. The first-order valence-electron chi connectivity index (χ1n) is 5.82. The van der Waals surface area contributed by atoms with Gasteiger partial charge < -0.3 is 16.4 Å². The molecular formula is C11H23N3O2. The summed E-state index contributed by atoms with van der Waals surface area (Å²) in [4.78, 5) is 22.5. The molecule has 0 saturated carbocycles. The summed E-state index contributed by atoms with van der Waals surface area (Å²) < 4.78 is 0. The minimum Gasteiger partial charge on any atom is -0.356 e. The molecule has 0 aromatic rings. The van der Waals surface area contributed by atoms with Crippen molar-refractivity contribution in [2.45, 2.75) is 45.6 Å². The number of hydrogen-bond donors (Lipinski definition) is 3. The number of rotatable bonds is 8. The molecule has 0 aliphatic heterocycles. The zero-order valence-electron chi connectivity index (χ0n) is 10.2. The van der Waals surface area contributed by atoms with Crippen LogP contribution in [-0.4, -0.2) is 30.9 Å². The third-order valence-corrected chi connectivity index (χ3v) is 1.96. The van der Waals surface area contributed by atoms with Gasteiger partial charge in [-0.3, -0.25) is 9.59 Å². The Hall–Kier alpha value is -1.10. The Morgan fingerprint density at radius 3 is 2.31 bits per heavy atom. The van der Waals surface area contributed by atoms with Crippen molar-refractivity contribution in [2.75, 3.05) is 13.1 Å². The van der Waals surface area contributed by atoms with Crippen LogP contribution in [0.2, 0.25) is 0 Å². The summed E-state index contributed by atoms with van der Waals surface area (Å²) in [6.45, 7) is 5.03. The Morgan fingerprint density at radius 2 is 1.75 bits per heavy atom. The van der Waals surface area contributed by atoms with E-state index in [1.165, 1.54) is 0 Å². The number of hydrogen-bond acceptors (Lipinski definition) is 3. The van der Waals surface area contributed by atoms with Crippen LogP contribution in [0.1, 0.15) is 39.5 Å². The topological polar surface area (TPSA) is 84.2 Å². The van der Waals surface area contributed by atoms with E-state index in [1.807, 2.05) is 13.8 Å². The zero-order chi connectivity index (χ0) is 12.4. The Labute approximate surface area is 97.2 Å². The van der Waals surface area contributed by atoms with Crippen molar-refractivity contribution in [3.63, 3.8) is 0 Å². The van der Waals surface area contributed by atoms with E-state index in [9.17, 15) is 9.59 Å². The highest BCUT2D eigenvalue weighted by Gasteiger charge is 2.05. The van der Waals surface area contributed by atoms with Crippen molar-refractivity contribution in [2.24, 2.45) is 5.73 Å². The molecule has 0 saturated heterocycles. The van der Waals surface area contributed by atoms with Gasteiger partial charge in [-0.05, 0) is 33.2 Å². The molecule has 0 aromatic carbocycles. The lowest BCUT2D eigenvalue weighted by atomic mass is 10.2. The number of nitrogens with one attached hydrogen (secondary N) is 2. The molecule has 0 radical (unpaired) electrons. The molecule has 0 rings (SSSR count). The maximum atomic E-state index is 11.2. The van der Waals surface area contributed by atoms with Gasteiger partial charge in [0.1, 0.15) is 0 Å². The number of carbonyl (C=O) groups is 2. The van der Waals surface area contributed by atoms with Gasteiger partial charge in [-0.15, -0.1) is 0 Å². The molecule has 2 amide bonds. The van der Waals surface area contributed by atoms with Gasteiger partial charge >= 0.3 is 0 Å². The van der Waals surface area contributed by atoms with Gasteiger partial charge in [-0.25, -0.2) is 0 Å². The second-order valence-electron chi connectivity index (χ2n) is 4.07. The van der Waals surface area contributed by atoms with Crippen LogP contribution in [0.5, 0.6) is 0 Å². The van der Waals surface area contributed by atoms with E-state index < -0.39 is 0 Å². The van der Waals surface area contributed by atoms with Crippen LogP contribution in [0.4, 0.5) is 0 Å². The van der Waals surface area contributed by atoms with Crippen LogP contribution in [0.25, 0.3) is 0 Å². The molecule has 0 aliphatic rings. The Bertz CT molecular complexity index is 217. The van der Waals surface area contributed by atoms with Crippen LogP contribution in [0.3, 0.4) is 0 Å². The van der Waals surface area contributed by atoms with Crippen LogP contribution in [0, 0.1) is 0 Å². The summed E-state index contributed by atoms with van der Waals surface area (Å²) in [5.74, 6) is -0.00412. The van der Waals surface area contributed by atoms with Crippen molar-refractivity contribution in [3.05, 3.63) is 0 Å². The predicted molar refractivity (Wildman–Crippen MR) is 63.8 cm³/mol.